The molecule has 1 aromatic carbocycles. The molecule has 2 aromatic rings. The molecule has 0 saturated carbocycles. The van der Waals surface area contributed by atoms with Crippen LogP contribution in [0, 0.1) is 11.3 Å². The molecule has 1 aromatic heterocycles. The largest absolute Gasteiger partial charge is 0.494 e. The number of nitrogens with zero attached hydrogens (tertiary/aromatic N) is 2. The van der Waals surface area contributed by atoms with Gasteiger partial charge in [0.2, 0.25) is 0 Å². The molecule has 2 rings (SSSR count). The average molecular weight is 327 g/mol. The highest BCUT2D eigenvalue weighted by molar-refractivity contribution is 7.14. The van der Waals surface area contributed by atoms with Gasteiger partial charge in [-0.05, 0) is 30.2 Å². The topological polar surface area (TPSA) is 75.0 Å². The summed E-state index contributed by atoms with van der Waals surface area (Å²) in [7, 11) is 1.60. The summed E-state index contributed by atoms with van der Waals surface area (Å²) in [6.07, 6.45) is 6.58. The molecule has 23 heavy (non-hydrogen) atoms. The summed E-state index contributed by atoms with van der Waals surface area (Å²) in [6.45, 7) is 0.530. The van der Waals surface area contributed by atoms with Crippen LogP contribution in [0.4, 0.5) is 0 Å². The summed E-state index contributed by atoms with van der Waals surface area (Å²) in [5.41, 5.74) is 0.986. The number of nitriles is 1. The number of thiazole rings is 1. The van der Waals surface area contributed by atoms with Crippen molar-refractivity contribution in [3.63, 3.8) is 0 Å². The van der Waals surface area contributed by atoms with Crippen molar-refractivity contribution < 1.29 is 9.53 Å². The second-order valence-electron chi connectivity index (χ2n) is 4.66. The van der Waals surface area contributed by atoms with Crippen LogP contribution in [0.2, 0.25) is 0 Å². The Bertz CT molecular complexity index is 731. The van der Waals surface area contributed by atoms with Gasteiger partial charge in [0.25, 0.3) is 5.91 Å². The fourth-order valence-electron chi connectivity index (χ4n) is 1.81. The zero-order chi connectivity index (χ0) is 16.5. The average Bonchev–Trinajstić information content (AvgIpc) is 3.06. The molecule has 0 aliphatic heterocycles. The van der Waals surface area contributed by atoms with E-state index in [1.54, 1.807) is 13.2 Å². The molecule has 1 amide bonds. The van der Waals surface area contributed by atoms with Crippen LogP contribution in [0.3, 0.4) is 0 Å². The van der Waals surface area contributed by atoms with Crippen LogP contribution < -0.4 is 10.1 Å². The molecule has 0 unspecified atom stereocenters. The van der Waals surface area contributed by atoms with Gasteiger partial charge >= 0.3 is 0 Å². The van der Waals surface area contributed by atoms with Crippen molar-refractivity contribution in [2.24, 2.45) is 0 Å². The molecular weight excluding hydrogens is 310 g/mol. The first-order valence-corrected chi connectivity index (χ1v) is 8.00. The molecule has 1 heterocycles. The van der Waals surface area contributed by atoms with Crippen LogP contribution in [-0.4, -0.2) is 24.5 Å². The van der Waals surface area contributed by atoms with Crippen molar-refractivity contribution in [2.75, 3.05) is 13.7 Å². The molecule has 1 N–H and O–H groups in total. The van der Waals surface area contributed by atoms with E-state index < -0.39 is 0 Å². The first-order valence-electron chi connectivity index (χ1n) is 7.18. The lowest BCUT2D eigenvalue weighted by Gasteiger charge is -2.05. The highest BCUT2D eigenvalue weighted by Crippen LogP contribution is 2.18. The minimum Gasteiger partial charge on any atom is -0.494 e. The van der Waals surface area contributed by atoms with Gasteiger partial charge in [0.1, 0.15) is 15.6 Å². The molecule has 0 aliphatic rings. The van der Waals surface area contributed by atoms with Crippen LogP contribution in [0.15, 0.2) is 30.5 Å². The monoisotopic (exact) mass is 327 g/mol. The Labute approximate surface area is 139 Å². The summed E-state index contributed by atoms with van der Waals surface area (Å²) >= 11 is 1.34. The molecule has 0 bridgehead atoms. The Morgan fingerprint density at radius 2 is 2.35 bits per heavy atom. The molecule has 0 fully saturated rings. The number of aromatic nitrogens is 1. The molecule has 6 heteroatoms. The van der Waals surface area contributed by atoms with E-state index in [1.165, 1.54) is 11.3 Å². The number of carbonyl (C=O) groups is 1. The first kappa shape index (κ1) is 16.7. The Hall–Kier alpha value is -2.65. The smallest absolute Gasteiger partial charge is 0.262 e. The standard InChI is InChI=1S/C17H17N3O2S/c1-19-17(21)15-12-20-16(23-15)8-7-13-5-4-6-14(11-13)22-10-3-2-9-18/h4-8,11-12H,2-3,10H2,1H3,(H,19,21)/b8-7-. The zero-order valence-electron chi connectivity index (χ0n) is 12.8. The Kier molecular flexibility index (Phi) is 6.33. The van der Waals surface area contributed by atoms with E-state index in [9.17, 15) is 4.79 Å². The Morgan fingerprint density at radius 3 is 3.13 bits per heavy atom. The predicted molar refractivity (Wildman–Crippen MR) is 91.2 cm³/mol. The molecule has 0 radical (unpaired) electrons. The SMILES string of the molecule is CNC(=O)c1cnc(/C=C\c2cccc(OCCCC#N)c2)s1. The fourth-order valence-corrected chi connectivity index (χ4v) is 2.58. The van der Waals surface area contributed by atoms with E-state index in [0.717, 1.165) is 22.7 Å². The summed E-state index contributed by atoms with van der Waals surface area (Å²) in [6, 6.07) is 9.78. The van der Waals surface area contributed by atoms with Crippen molar-refractivity contribution in [3.8, 4) is 11.8 Å². The van der Waals surface area contributed by atoms with E-state index >= 15 is 0 Å². The third kappa shape index (κ3) is 5.24. The van der Waals surface area contributed by atoms with Crippen molar-refractivity contribution >= 4 is 29.4 Å². The van der Waals surface area contributed by atoms with E-state index in [2.05, 4.69) is 16.4 Å². The number of ether oxygens (including phenoxy) is 1. The number of hydrogen-bond acceptors (Lipinski definition) is 5. The number of unbranched alkanes of at least 4 members (excludes halogenated alkanes) is 1. The van der Waals surface area contributed by atoms with Gasteiger partial charge in [-0.25, -0.2) is 4.98 Å². The minimum atomic E-state index is -0.130. The summed E-state index contributed by atoms with van der Waals surface area (Å²) in [5.74, 6) is 0.644. The van der Waals surface area contributed by atoms with Gasteiger partial charge in [0.15, 0.2) is 0 Å². The maximum Gasteiger partial charge on any atom is 0.262 e. The van der Waals surface area contributed by atoms with Gasteiger partial charge < -0.3 is 10.1 Å². The summed E-state index contributed by atoms with van der Waals surface area (Å²) in [4.78, 5) is 16.3. The lowest BCUT2D eigenvalue weighted by Crippen LogP contribution is -2.16. The summed E-state index contributed by atoms with van der Waals surface area (Å²) in [5, 5.41) is 11.8. The third-order valence-electron chi connectivity index (χ3n) is 2.95. The lowest BCUT2D eigenvalue weighted by atomic mass is 10.2. The number of carbonyl (C=O) groups excluding carboxylic acids is 1. The van der Waals surface area contributed by atoms with Crippen LogP contribution in [0.5, 0.6) is 5.75 Å². The van der Waals surface area contributed by atoms with Gasteiger partial charge in [-0.3, -0.25) is 4.79 Å². The minimum absolute atomic E-state index is 0.130. The first-order chi connectivity index (χ1) is 11.2. The molecule has 5 nitrogen and oxygen atoms in total. The number of hydrogen-bond donors (Lipinski definition) is 1. The molecule has 0 spiro atoms. The normalized spacial score (nSPS) is 10.4. The number of amides is 1. The highest BCUT2D eigenvalue weighted by atomic mass is 32.1. The van der Waals surface area contributed by atoms with Gasteiger partial charge in [-0.1, -0.05) is 18.2 Å². The lowest BCUT2D eigenvalue weighted by molar-refractivity contribution is 0.0967. The zero-order valence-corrected chi connectivity index (χ0v) is 13.6. The second kappa shape index (κ2) is 8.71. The number of rotatable bonds is 7. The molecule has 0 saturated heterocycles. The summed E-state index contributed by atoms with van der Waals surface area (Å²) < 4.78 is 5.60. The van der Waals surface area contributed by atoms with Crippen molar-refractivity contribution in [1.29, 1.82) is 5.26 Å². The van der Waals surface area contributed by atoms with Gasteiger partial charge in [-0.15, -0.1) is 11.3 Å². The maximum atomic E-state index is 11.5. The molecule has 0 atom stereocenters. The Morgan fingerprint density at radius 1 is 1.48 bits per heavy atom. The van der Waals surface area contributed by atoms with E-state index in [0.29, 0.717) is 17.9 Å². The van der Waals surface area contributed by atoms with Crippen LogP contribution in [0.25, 0.3) is 12.2 Å². The molecule has 0 aliphatic carbocycles. The quantitative estimate of drug-likeness (QED) is 0.791. The van der Waals surface area contributed by atoms with Crippen LogP contribution >= 0.6 is 11.3 Å². The van der Waals surface area contributed by atoms with E-state index in [4.69, 9.17) is 10.00 Å². The van der Waals surface area contributed by atoms with Crippen molar-refractivity contribution in [3.05, 3.63) is 45.9 Å². The van der Waals surface area contributed by atoms with Gasteiger partial charge in [0.05, 0.1) is 18.9 Å². The number of benzene rings is 1. The van der Waals surface area contributed by atoms with Gasteiger partial charge in [0, 0.05) is 13.5 Å². The van der Waals surface area contributed by atoms with Crippen LogP contribution in [0.1, 0.15) is 33.1 Å². The predicted octanol–water partition coefficient (Wildman–Crippen LogP) is 3.36. The molecular formula is C17H17N3O2S. The third-order valence-corrected chi connectivity index (χ3v) is 3.91. The van der Waals surface area contributed by atoms with E-state index in [-0.39, 0.29) is 5.91 Å². The fraction of sp³-hybridized carbons (Fsp3) is 0.235. The van der Waals surface area contributed by atoms with E-state index in [1.807, 2.05) is 36.4 Å². The van der Waals surface area contributed by atoms with Crippen molar-refractivity contribution in [1.82, 2.24) is 10.3 Å². The maximum absolute atomic E-state index is 11.5. The highest BCUT2D eigenvalue weighted by Gasteiger charge is 2.06. The van der Waals surface area contributed by atoms with Crippen LogP contribution in [-0.2, 0) is 0 Å². The van der Waals surface area contributed by atoms with Crippen molar-refractivity contribution in [2.45, 2.75) is 12.8 Å². The Balaban J connectivity index is 1.98. The molecule has 118 valence electrons. The van der Waals surface area contributed by atoms with Gasteiger partial charge in [-0.2, -0.15) is 5.26 Å². The second-order valence-corrected chi connectivity index (χ2v) is 5.72. The number of nitrogens with one attached hydrogen (secondary N) is 1.